The number of fused-ring (bicyclic) bond motifs is 1. The molecule has 1 amide bonds. The van der Waals surface area contributed by atoms with Gasteiger partial charge in [0.15, 0.2) is 5.69 Å². The lowest BCUT2D eigenvalue weighted by Crippen LogP contribution is -2.16. The van der Waals surface area contributed by atoms with Crippen LogP contribution in [0, 0.1) is 0 Å². The molecule has 0 bridgehead atoms. The number of nitrogens with one attached hydrogen (secondary N) is 1. The van der Waals surface area contributed by atoms with Crippen LogP contribution in [0.25, 0.3) is 27.6 Å². The van der Waals surface area contributed by atoms with Gasteiger partial charge in [-0.2, -0.15) is 18.3 Å². The van der Waals surface area contributed by atoms with E-state index in [0.29, 0.717) is 22.4 Å². The normalized spacial score (nSPS) is 12.0. The molecule has 0 saturated heterocycles. The first-order chi connectivity index (χ1) is 18.4. The van der Waals surface area contributed by atoms with Gasteiger partial charge in [0.25, 0.3) is 5.91 Å². The predicted octanol–water partition coefficient (Wildman–Crippen LogP) is 3.98. The molecule has 5 N–H and O–H groups in total. The number of sulfonamides is 1. The third-order valence-electron chi connectivity index (χ3n) is 5.77. The monoisotopic (exact) mass is 553 g/mol. The molecular formula is C25H18F3N7O3S. The van der Waals surface area contributed by atoms with Gasteiger partial charge >= 0.3 is 6.18 Å². The summed E-state index contributed by atoms with van der Waals surface area (Å²) in [7, 11) is -4.03. The fraction of sp³-hybridized carbons (Fsp3) is 0.0400. The topological polar surface area (TPSA) is 159 Å². The van der Waals surface area contributed by atoms with E-state index in [0.717, 1.165) is 4.68 Å². The number of amides is 1. The van der Waals surface area contributed by atoms with Gasteiger partial charge in [0.05, 0.1) is 10.6 Å². The smallest absolute Gasteiger partial charge is 0.383 e. The van der Waals surface area contributed by atoms with Gasteiger partial charge in [-0.05, 0) is 35.7 Å². The average Bonchev–Trinajstić information content (AvgIpc) is 3.33. The Kier molecular flexibility index (Phi) is 6.28. The van der Waals surface area contributed by atoms with Crippen LogP contribution >= 0.6 is 0 Å². The number of hydrogen-bond acceptors (Lipinski definition) is 7. The summed E-state index contributed by atoms with van der Waals surface area (Å²) in [4.78, 5) is 20.9. The van der Waals surface area contributed by atoms with Gasteiger partial charge in [0.1, 0.15) is 17.3 Å². The second kappa shape index (κ2) is 9.49. The Morgan fingerprint density at radius 3 is 2.44 bits per heavy atom. The minimum absolute atomic E-state index is 0.126. The third-order valence-corrected chi connectivity index (χ3v) is 6.74. The molecule has 0 aliphatic heterocycles. The number of aromatic nitrogens is 4. The number of nitrogens with zero attached hydrogens (tertiary/aromatic N) is 4. The summed E-state index contributed by atoms with van der Waals surface area (Å²) in [5.41, 5.74) is 5.40. The molecule has 0 saturated carbocycles. The number of hydrogen-bond donors (Lipinski definition) is 3. The van der Waals surface area contributed by atoms with Crippen LogP contribution in [-0.2, 0) is 16.2 Å². The van der Waals surface area contributed by atoms with Gasteiger partial charge in [-0.15, -0.1) is 0 Å². The molecular weight excluding hydrogens is 535 g/mol. The first-order valence-electron chi connectivity index (χ1n) is 11.1. The highest BCUT2D eigenvalue weighted by Crippen LogP contribution is 2.32. The van der Waals surface area contributed by atoms with Gasteiger partial charge in [0, 0.05) is 35.0 Å². The zero-order chi connectivity index (χ0) is 27.9. The molecule has 2 aromatic carbocycles. The maximum atomic E-state index is 13.5. The van der Waals surface area contributed by atoms with E-state index < -0.39 is 27.8 Å². The molecule has 39 heavy (non-hydrogen) atoms. The SMILES string of the molecule is Nc1nccc2ccc(-n3nc(C(F)(F)F)cc3NC(=O)c3ccc(-c4ccccc4S(N)(=O)=O)cn3)cc12. The molecule has 0 unspecified atom stereocenters. The number of anilines is 2. The molecule has 5 rings (SSSR count). The number of benzene rings is 2. The summed E-state index contributed by atoms with van der Waals surface area (Å²) < 4.78 is 65.3. The number of nitrogen functional groups attached to an aromatic ring is 1. The Bertz CT molecular complexity index is 1840. The second-order valence-electron chi connectivity index (χ2n) is 8.35. The van der Waals surface area contributed by atoms with Crippen LogP contribution in [0.2, 0.25) is 0 Å². The van der Waals surface area contributed by atoms with Crippen LogP contribution in [0.3, 0.4) is 0 Å². The number of carbonyl (C=O) groups excluding carboxylic acids is 1. The van der Waals surface area contributed by atoms with Crippen molar-refractivity contribution in [1.82, 2.24) is 19.7 Å². The molecule has 0 aliphatic carbocycles. The lowest BCUT2D eigenvalue weighted by molar-refractivity contribution is -0.141. The summed E-state index contributed by atoms with van der Waals surface area (Å²) in [5, 5.41) is 12.6. The van der Waals surface area contributed by atoms with E-state index in [4.69, 9.17) is 10.9 Å². The summed E-state index contributed by atoms with van der Waals surface area (Å²) in [6.45, 7) is 0. The highest BCUT2D eigenvalue weighted by molar-refractivity contribution is 7.89. The lowest BCUT2D eigenvalue weighted by Gasteiger charge is -2.11. The summed E-state index contributed by atoms with van der Waals surface area (Å²) in [6, 6.07) is 15.8. The molecule has 0 radical (unpaired) electrons. The van der Waals surface area contributed by atoms with Crippen molar-refractivity contribution in [2.24, 2.45) is 5.14 Å². The zero-order valence-electron chi connectivity index (χ0n) is 19.7. The lowest BCUT2D eigenvalue weighted by atomic mass is 10.1. The van der Waals surface area contributed by atoms with Crippen molar-refractivity contribution in [3.8, 4) is 16.8 Å². The number of halogens is 3. The maximum Gasteiger partial charge on any atom is 0.435 e. The Hall–Kier alpha value is -4.82. The van der Waals surface area contributed by atoms with Gasteiger partial charge in [0.2, 0.25) is 10.0 Å². The van der Waals surface area contributed by atoms with Crippen LogP contribution in [0.4, 0.5) is 24.8 Å². The van der Waals surface area contributed by atoms with E-state index in [1.165, 1.54) is 54.9 Å². The highest BCUT2D eigenvalue weighted by Gasteiger charge is 2.35. The van der Waals surface area contributed by atoms with Crippen molar-refractivity contribution >= 4 is 38.3 Å². The molecule has 0 fully saturated rings. The van der Waals surface area contributed by atoms with E-state index in [1.807, 2.05) is 0 Å². The fourth-order valence-electron chi connectivity index (χ4n) is 3.94. The summed E-state index contributed by atoms with van der Waals surface area (Å²) in [5.74, 6) is -0.908. The van der Waals surface area contributed by atoms with E-state index >= 15 is 0 Å². The Labute approximate surface area is 219 Å². The molecule has 0 aliphatic rings. The van der Waals surface area contributed by atoms with Crippen LogP contribution in [0.15, 0.2) is 84.0 Å². The first kappa shape index (κ1) is 25.8. The van der Waals surface area contributed by atoms with E-state index in [1.54, 1.807) is 18.2 Å². The quantitative estimate of drug-likeness (QED) is 0.297. The minimum Gasteiger partial charge on any atom is -0.383 e. The Morgan fingerprint density at radius 1 is 0.974 bits per heavy atom. The maximum absolute atomic E-state index is 13.5. The molecule has 3 heterocycles. The van der Waals surface area contributed by atoms with Crippen molar-refractivity contribution in [3.63, 3.8) is 0 Å². The number of alkyl halides is 3. The third kappa shape index (κ3) is 5.15. The minimum atomic E-state index is -4.78. The standard InChI is InChI=1S/C25H18F3N7O3S/c26-25(27,28)21-12-22(35(34-21)16-7-5-14-9-10-31-23(29)18(14)11-16)33-24(36)19-8-6-15(13-32-19)17-3-1-2-4-20(17)39(30,37)38/h1-13H,(H2,29,31)(H,33,36)(H2,30,37,38). The molecule has 3 aromatic heterocycles. The number of primary sulfonamides is 1. The van der Waals surface area contributed by atoms with E-state index in [2.05, 4.69) is 20.4 Å². The van der Waals surface area contributed by atoms with Gasteiger partial charge in [-0.1, -0.05) is 30.3 Å². The van der Waals surface area contributed by atoms with Gasteiger partial charge in [-0.3, -0.25) is 9.78 Å². The van der Waals surface area contributed by atoms with Crippen LogP contribution in [-0.4, -0.2) is 34.1 Å². The predicted molar refractivity (Wildman–Crippen MR) is 137 cm³/mol. The number of rotatable bonds is 5. The largest absolute Gasteiger partial charge is 0.435 e. The Morgan fingerprint density at radius 2 is 1.74 bits per heavy atom. The second-order valence-corrected chi connectivity index (χ2v) is 9.88. The van der Waals surface area contributed by atoms with Gasteiger partial charge < -0.3 is 11.1 Å². The van der Waals surface area contributed by atoms with Crippen LogP contribution in [0.5, 0.6) is 0 Å². The van der Waals surface area contributed by atoms with Crippen molar-refractivity contribution in [2.75, 3.05) is 11.1 Å². The van der Waals surface area contributed by atoms with Crippen molar-refractivity contribution in [1.29, 1.82) is 0 Å². The van der Waals surface area contributed by atoms with Crippen molar-refractivity contribution in [2.45, 2.75) is 11.1 Å². The zero-order valence-corrected chi connectivity index (χ0v) is 20.5. The highest BCUT2D eigenvalue weighted by atomic mass is 32.2. The molecule has 0 spiro atoms. The van der Waals surface area contributed by atoms with Crippen molar-refractivity contribution in [3.05, 3.63) is 90.5 Å². The number of carbonyl (C=O) groups is 1. The van der Waals surface area contributed by atoms with Crippen molar-refractivity contribution < 1.29 is 26.4 Å². The number of nitrogens with two attached hydrogens (primary N) is 2. The summed E-state index contributed by atoms with van der Waals surface area (Å²) in [6.07, 6.45) is -2.01. The molecule has 0 atom stereocenters. The molecule has 14 heteroatoms. The first-order valence-corrected chi connectivity index (χ1v) is 12.7. The van der Waals surface area contributed by atoms with E-state index in [9.17, 15) is 26.4 Å². The molecule has 198 valence electrons. The summed E-state index contributed by atoms with van der Waals surface area (Å²) >= 11 is 0. The van der Waals surface area contributed by atoms with Crippen LogP contribution < -0.4 is 16.2 Å². The average molecular weight is 554 g/mol. The molecule has 5 aromatic rings. The van der Waals surface area contributed by atoms with Gasteiger partial charge in [-0.25, -0.2) is 23.2 Å². The number of pyridine rings is 2. The Balaban J connectivity index is 1.49. The fourth-order valence-corrected chi connectivity index (χ4v) is 4.70. The van der Waals surface area contributed by atoms with E-state index in [-0.39, 0.29) is 33.5 Å². The van der Waals surface area contributed by atoms with Crippen LogP contribution in [0.1, 0.15) is 16.2 Å². The molecule has 10 nitrogen and oxygen atoms in total.